The maximum absolute atomic E-state index is 2.53. The molecule has 0 atom stereocenters. The Labute approximate surface area is 295 Å². The number of nitrogens with zero attached hydrogens (tertiary/aromatic N) is 2. The molecule has 2 nitrogen and oxygen atoms in total. The van der Waals surface area contributed by atoms with Crippen molar-refractivity contribution >= 4 is 34.1 Å². The van der Waals surface area contributed by atoms with Crippen molar-refractivity contribution in [3.05, 3.63) is 192 Å². The molecule has 2 aliphatic rings. The summed E-state index contributed by atoms with van der Waals surface area (Å²) in [6.45, 7) is 9.52. The van der Waals surface area contributed by atoms with Gasteiger partial charge in [-0.05, 0) is 93.0 Å². The van der Waals surface area contributed by atoms with Crippen LogP contribution in [0.3, 0.4) is 0 Å². The highest BCUT2D eigenvalue weighted by Crippen LogP contribution is 2.60. The molecule has 9 rings (SSSR count). The van der Waals surface area contributed by atoms with E-state index in [9.17, 15) is 0 Å². The van der Waals surface area contributed by atoms with E-state index in [-0.39, 0.29) is 10.8 Å². The number of para-hydroxylation sites is 2. The number of anilines is 6. The Morgan fingerprint density at radius 1 is 0.360 bits per heavy atom. The average molecular weight is 645 g/mol. The van der Waals surface area contributed by atoms with Gasteiger partial charge in [0.25, 0.3) is 0 Å². The summed E-state index contributed by atoms with van der Waals surface area (Å²) in [5, 5.41) is 0. The van der Waals surface area contributed by atoms with Crippen LogP contribution in [0.5, 0.6) is 0 Å². The summed E-state index contributed by atoms with van der Waals surface area (Å²) < 4.78 is 0. The molecule has 0 aromatic heterocycles. The minimum absolute atomic E-state index is 0.0966. The van der Waals surface area contributed by atoms with E-state index in [1.807, 2.05) is 0 Å². The predicted octanol–water partition coefficient (Wildman–Crippen LogP) is 13.2. The SMILES string of the molecule is CC1(C)c2ccccc2N2c3ccc(N(c4ccc(-c5ccccc5)cc4)c4ccc(-c5ccccc5)cc4)cc3C(C)(C)c3cccc1c32. The Hall–Kier alpha value is -5.86. The molecule has 0 saturated heterocycles. The Kier molecular flexibility index (Phi) is 6.86. The zero-order valence-corrected chi connectivity index (χ0v) is 29.1. The molecule has 2 heterocycles. The van der Waals surface area contributed by atoms with E-state index in [1.165, 1.54) is 61.6 Å². The summed E-state index contributed by atoms with van der Waals surface area (Å²) in [6, 6.07) is 62.2. The third-order valence-electron chi connectivity index (χ3n) is 11.0. The summed E-state index contributed by atoms with van der Waals surface area (Å²) in [5.41, 5.74) is 17.2. The molecular formula is C48H40N2. The van der Waals surface area contributed by atoms with Crippen LogP contribution in [0.2, 0.25) is 0 Å². The van der Waals surface area contributed by atoms with Crippen LogP contribution >= 0.6 is 0 Å². The fourth-order valence-corrected chi connectivity index (χ4v) is 8.32. The van der Waals surface area contributed by atoms with Crippen LogP contribution in [-0.2, 0) is 10.8 Å². The first-order chi connectivity index (χ1) is 24.3. The zero-order chi connectivity index (χ0) is 34.0. The molecule has 0 aliphatic carbocycles. The second kappa shape index (κ2) is 11.4. The first-order valence-corrected chi connectivity index (χ1v) is 17.6. The van der Waals surface area contributed by atoms with Crippen LogP contribution in [-0.4, -0.2) is 0 Å². The highest BCUT2D eigenvalue weighted by atomic mass is 15.2. The summed E-state index contributed by atoms with van der Waals surface area (Å²) in [7, 11) is 0. The van der Waals surface area contributed by atoms with E-state index >= 15 is 0 Å². The lowest BCUT2D eigenvalue weighted by Gasteiger charge is -2.49. The number of rotatable bonds is 5. The Bertz CT molecular complexity index is 2270. The molecule has 0 amide bonds. The third-order valence-corrected chi connectivity index (χ3v) is 11.0. The van der Waals surface area contributed by atoms with Gasteiger partial charge in [0.05, 0.1) is 17.1 Å². The monoisotopic (exact) mass is 644 g/mol. The van der Waals surface area contributed by atoms with Gasteiger partial charge in [0, 0.05) is 27.9 Å². The maximum Gasteiger partial charge on any atom is 0.0543 e. The van der Waals surface area contributed by atoms with Crippen LogP contribution in [0.4, 0.5) is 34.1 Å². The predicted molar refractivity (Wildman–Crippen MR) is 211 cm³/mol. The summed E-state index contributed by atoms with van der Waals surface area (Å²) in [5.74, 6) is 0. The van der Waals surface area contributed by atoms with Gasteiger partial charge in [0.2, 0.25) is 0 Å². The van der Waals surface area contributed by atoms with Crippen molar-refractivity contribution in [3.63, 3.8) is 0 Å². The van der Waals surface area contributed by atoms with Gasteiger partial charge < -0.3 is 9.80 Å². The lowest BCUT2D eigenvalue weighted by molar-refractivity contribution is 0.597. The number of hydrogen-bond donors (Lipinski definition) is 0. The first-order valence-electron chi connectivity index (χ1n) is 17.6. The van der Waals surface area contributed by atoms with E-state index in [4.69, 9.17) is 0 Å². The second-order valence-corrected chi connectivity index (χ2v) is 14.7. The molecule has 0 spiro atoms. The number of fused-ring (bicyclic) bond motifs is 4. The van der Waals surface area contributed by atoms with E-state index in [1.54, 1.807) is 0 Å². The van der Waals surface area contributed by atoms with E-state index in [0.29, 0.717) is 0 Å². The van der Waals surface area contributed by atoms with E-state index in [2.05, 4.69) is 207 Å². The van der Waals surface area contributed by atoms with E-state index < -0.39 is 0 Å². The molecule has 2 heteroatoms. The standard InChI is InChI=1S/C48H40N2/c1-47(2)40-18-11-12-21-44(40)50-45-31-30-39(32-43(45)48(3,4)42-20-13-19-41(47)46(42)50)49(37-26-22-35(23-27-37)33-14-7-5-8-15-33)38-28-24-36(25-29-38)34-16-9-6-10-17-34/h5-32H,1-4H3. The van der Waals surface area contributed by atoms with Crippen LogP contribution < -0.4 is 9.80 Å². The molecule has 7 aromatic rings. The zero-order valence-electron chi connectivity index (χ0n) is 29.1. The Balaban J connectivity index is 1.21. The van der Waals surface area contributed by atoms with Crippen molar-refractivity contribution in [1.82, 2.24) is 0 Å². The highest BCUT2D eigenvalue weighted by molar-refractivity contribution is 5.94. The van der Waals surface area contributed by atoms with Gasteiger partial charge in [-0.25, -0.2) is 0 Å². The molecule has 7 aromatic carbocycles. The van der Waals surface area contributed by atoms with Crippen molar-refractivity contribution in [2.45, 2.75) is 38.5 Å². The van der Waals surface area contributed by atoms with Crippen molar-refractivity contribution in [3.8, 4) is 22.3 Å². The lowest BCUT2D eigenvalue weighted by atomic mass is 9.66. The smallest absolute Gasteiger partial charge is 0.0543 e. The van der Waals surface area contributed by atoms with Crippen molar-refractivity contribution in [2.75, 3.05) is 9.80 Å². The van der Waals surface area contributed by atoms with Gasteiger partial charge in [-0.15, -0.1) is 0 Å². The van der Waals surface area contributed by atoms with Crippen LogP contribution in [0.15, 0.2) is 170 Å². The minimum Gasteiger partial charge on any atom is -0.310 e. The van der Waals surface area contributed by atoms with Gasteiger partial charge in [0.15, 0.2) is 0 Å². The Morgan fingerprint density at radius 2 is 0.780 bits per heavy atom. The fourth-order valence-electron chi connectivity index (χ4n) is 8.32. The third kappa shape index (κ3) is 4.63. The van der Waals surface area contributed by atoms with Crippen molar-refractivity contribution < 1.29 is 0 Å². The van der Waals surface area contributed by atoms with Gasteiger partial charge >= 0.3 is 0 Å². The Morgan fingerprint density at radius 3 is 1.34 bits per heavy atom. The summed E-state index contributed by atoms with van der Waals surface area (Å²) in [6.07, 6.45) is 0. The molecule has 0 saturated carbocycles. The second-order valence-electron chi connectivity index (χ2n) is 14.7. The molecule has 0 unspecified atom stereocenters. The first kappa shape index (κ1) is 30.2. The fraction of sp³-hybridized carbons (Fsp3) is 0.125. The molecule has 242 valence electrons. The summed E-state index contributed by atoms with van der Waals surface area (Å²) >= 11 is 0. The van der Waals surface area contributed by atoms with Crippen LogP contribution in [0.25, 0.3) is 22.3 Å². The normalized spacial score (nSPS) is 14.7. The summed E-state index contributed by atoms with van der Waals surface area (Å²) in [4.78, 5) is 4.93. The van der Waals surface area contributed by atoms with Crippen molar-refractivity contribution in [2.24, 2.45) is 0 Å². The van der Waals surface area contributed by atoms with E-state index in [0.717, 1.165) is 17.1 Å². The lowest BCUT2D eigenvalue weighted by Crippen LogP contribution is -2.38. The van der Waals surface area contributed by atoms with Gasteiger partial charge in [-0.3, -0.25) is 0 Å². The van der Waals surface area contributed by atoms with Gasteiger partial charge in [-0.2, -0.15) is 0 Å². The van der Waals surface area contributed by atoms with Crippen LogP contribution in [0, 0.1) is 0 Å². The quantitative estimate of drug-likeness (QED) is 0.184. The molecule has 50 heavy (non-hydrogen) atoms. The van der Waals surface area contributed by atoms with Gasteiger partial charge in [0.1, 0.15) is 0 Å². The number of hydrogen-bond acceptors (Lipinski definition) is 2. The highest BCUT2D eigenvalue weighted by Gasteiger charge is 2.45. The van der Waals surface area contributed by atoms with Crippen LogP contribution in [0.1, 0.15) is 49.9 Å². The van der Waals surface area contributed by atoms with Crippen molar-refractivity contribution in [1.29, 1.82) is 0 Å². The molecule has 2 aliphatic heterocycles. The maximum atomic E-state index is 2.53. The molecule has 0 N–H and O–H groups in total. The van der Waals surface area contributed by atoms with Gasteiger partial charge in [-0.1, -0.05) is 149 Å². The molecule has 0 fully saturated rings. The minimum atomic E-state index is -0.213. The average Bonchev–Trinajstić information content (AvgIpc) is 3.16. The largest absolute Gasteiger partial charge is 0.310 e. The number of benzene rings is 7. The molecular weight excluding hydrogens is 605 g/mol. The molecule has 0 bridgehead atoms. The molecule has 0 radical (unpaired) electrons. The topological polar surface area (TPSA) is 6.48 Å².